The molecule has 0 saturated heterocycles. The van der Waals surface area contributed by atoms with Crippen molar-refractivity contribution < 1.29 is 0 Å². The molecule has 0 unspecified atom stereocenters. The summed E-state index contributed by atoms with van der Waals surface area (Å²) in [7, 11) is 0. The zero-order valence-corrected chi connectivity index (χ0v) is 26.2. The van der Waals surface area contributed by atoms with E-state index in [0.29, 0.717) is 0 Å². The fraction of sp³-hybridized carbons (Fsp3) is 0.824. The third-order valence-corrected chi connectivity index (χ3v) is 17.3. The molecule has 0 N–H and O–H groups in total. The molecule has 1 aromatic rings. The van der Waals surface area contributed by atoms with E-state index < -0.39 is 12.8 Å². The molecular formula is C34H64Se. The first kappa shape index (κ1) is 32.8. The van der Waals surface area contributed by atoms with E-state index in [9.17, 15) is 0 Å². The van der Waals surface area contributed by atoms with Crippen LogP contribution in [0.4, 0.5) is 0 Å². The molecule has 0 bridgehead atoms. The molecule has 0 aromatic heterocycles. The van der Waals surface area contributed by atoms with Crippen molar-refractivity contribution in [2.24, 2.45) is 0 Å². The van der Waals surface area contributed by atoms with Gasteiger partial charge in [0.25, 0.3) is 0 Å². The summed E-state index contributed by atoms with van der Waals surface area (Å²) in [5, 5.41) is 4.71. The predicted octanol–water partition coefficient (Wildman–Crippen LogP) is 12.0. The number of hydrogen-bond acceptors (Lipinski definition) is 0. The van der Waals surface area contributed by atoms with Gasteiger partial charge in [-0.2, -0.15) is 0 Å². The molecule has 0 aliphatic carbocycles. The SMILES string of the molecule is CCCCCCCCCC[Se](CCCCCCCCC)(CCCCCCCCC)c1ccccc1. The quantitative estimate of drug-likeness (QED) is 0.0793. The zero-order chi connectivity index (χ0) is 25.3. The second-order valence-electron chi connectivity index (χ2n) is 11.2. The normalized spacial score (nSPS) is 12.3. The Morgan fingerprint density at radius 1 is 0.371 bits per heavy atom. The first-order valence-electron chi connectivity index (χ1n) is 16.1. The van der Waals surface area contributed by atoms with Gasteiger partial charge in [0, 0.05) is 0 Å². The van der Waals surface area contributed by atoms with Crippen LogP contribution in [0.2, 0.25) is 16.0 Å². The number of unbranched alkanes of at least 4 members (excludes halogenated alkanes) is 19. The molecule has 0 saturated carbocycles. The van der Waals surface area contributed by atoms with Crippen LogP contribution in [-0.4, -0.2) is 12.8 Å². The summed E-state index contributed by atoms with van der Waals surface area (Å²) in [6.07, 6.45) is 31.9. The van der Waals surface area contributed by atoms with Crippen molar-refractivity contribution >= 4 is 17.3 Å². The van der Waals surface area contributed by atoms with Gasteiger partial charge in [0.05, 0.1) is 0 Å². The van der Waals surface area contributed by atoms with Crippen molar-refractivity contribution in [1.82, 2.24) is 0 Å². The Morgan fingerprint density at radius 2 is 0.657 bits per heavy atom. The number of rotatable bonds is 26. The van der Waals surface area contributed by atoms with Crippen LogP contribution in [0.15, 0.2) is 30.3 Å². The molecule has 0 amide bonds. The summed E-state index contributed by atoms with van der Waals surface area (Å²) in [4.78, 5) is 0. The average molecular weight is 552 g/mol. The van der Waals surface area contributed by atoms with Crippen LogP contribution in [0.3, 0.4) is 0 Å². The maximum absolute atomic E-state index is 2.53. The van der Waals surface area contributed by atoms with E-state index in [-0.39, 0.29) is 0 Å². The third-order valence-electron chi connectivity index (χ3n) is 7.91. The van der Waals surface area contributed by atoms with Crippen molar-refractivity contribution in [2.75, 3.05) is 0 Å². The van der Waals surface area contributed by atoms with Crippen LogP contribution in [-0.2, 0) is 0 Å². The van der Waals surface area contributed by atoms with Gasteiger partial charge in [-0.25, -0.2) is 0 Å². The van der Waals surface area contributed by atoms with E-state index in [0.717, 1.165) is 0 Å². The Hall–Kier alpha value is -0.261. The molecule has 1 rings (SSSR count). The van der Waals surface area contributed by atoms with E-state index in [2.05, 4.69) is 51.1 Å². The van der Waals surface area contributed by atoms with Gasteiger partial charge in [0.2, 0.25) is 0 Å². The third kappa shape index (κ3) is 17.0. The minimum atomic E-state index is -1.63. The molecule has 0 heterocycles. The molecule has 35 heavy (non-hydrogen) atoms. The Balaban J connectivity index is 2.65. The molecule has 0 fully saturated rings. The summed E-state index contributed by atoms with van der Waals surface area (Å²) in [6.45, 7) is 6.98. The van der Waals surface area contributed by atoms with Crippen molar-refractivity contribution in [1.29, 1.82) is 0 Å². The number of hydrogen-bond donors (Lipinski definition) is 0. The van der Waals surface area contributed by atoms with Crippen LogP contribution in [0.1, 0.15) is 162 Å². The standard InChI is InChI=1S/C34H64Se/c1-4-7-10-13-16-19-22-28-33-35(34-29-24-23-25-30-34,31-26-20-17-14-11-8-5-2)32-27-21-18-15-12-9-6-3/h23-25,29-30H,4-22,26-28,31-33H2,1-3H3. The van der Waals surface area contributed by atoms with Crippen LogP contribution >= 0.6 is 0 Å². The molecular weight excluding hydrogens is 487 g/mol. The van der Waals surface area contributed by atoms with Gasteiger partial charge in [0.1, 0.15) is 0 Å². The molecule has 1 aromatic carbocycles. The van der Waals surface area contributed by atoms with Crippen molar-refractivity contribution in [3.8, 4) is 0 Å². The molecule has 0 aliphatic rings. The van der Waals surface area contributed by atoms with Crippen LogP contribution in [0, 0.1) is 0 Å². The predicted molar refractivity (Wildman–Crippen MR) is 165 cm³/mol. The Morgan fingerprint density at radius 3 is 0.971 bits per heavy atom. The van der Waals surface area contributed by atoms with Crippen molar-refractivity contribution in [3.05, 3.63) is 30.3 Å². The molecule has 0 spiro atoms. The van der Waals surface area contributed by atoms with E-state index in [1.54, 1.807) is 16.0 Å². The van der Waals surface area contributed by atoms with Crippen LogP contribution in [0.5, 0.6) is 0 Å². The monoisotopic (exact) mass is 552 g/mol. The summed E-state index contributed by atoms with van der Waals surface area (Å²) in [5.41, 5.74) is 0. The fourth-order valence-electron chi connectivity index (χ4n) is 5.55. The first-order valence-corrected chi connectivity index (χ1v) is 20.6. The van der Waals surface area contributed by atoms with E-state index in [1.165, 1.54) is 141 Å². The van der Waals surface area contributed by atoms with Crippen molar-refractivity contribution in [3.63, 3.8) is 0 Å². The zero-order valence-electron chi connectivity index (χ0n) is 24.5. The van der Waals surface area contributed by atoms with Gasteiger partial charge in [-0.05, 0) is 0 Å². The van der Waals surface area contributed by atoms with E-state index >= 15 is 0 Å². The summed E-state index contributed by atoms with van der Waals surface area (Å²) in [5.74, 6) is 0. The van der Waals surface area contributed by atoms with Crippen LogP contribution < -0.4 is 4.46 Å². The molecule has 0 radical (unpaired) electrons. The minimum absolute atomic E-state index is 1.36. The Bertz CT molecular complexity index is 519. The first-order chi connectivity index (χ1) is 17.3. The van der Waals surface area contributed by atoms with E-state index in [1.807, 2.05) is 4.46 Å². The van der Waals surface area contributed by atoms with Gasteiger partial charge >= 0.3 is 226 Å². The molecule has 0 aliphatic heterocycles. The summed E-state index contributed by atoms with van der Waals surface area (Å²) >= 11 is -1.63. The second kappa shape index (κ2) is 24.1. The molecule has 0 atom stereocenters. The van der Waals surface area contributed by atoms with E-state index in [4.69, 9.17) is 0 Å². The summed E-state index contributed by atoms with van der Waals surface area (Å²) in [6, 6.07) is 12.0. The van der Waals surface area contributed by atoms with Gasteiger partial charge < -0.3 is 0 Å². The Kier molecular flexibility index (Phi) is 22.6. The Labute approximate surface area is 225 Å². The maximum atomic E-state index is 2.53. The summed E-state index contributed by atoms with van der Waals surface area (Å²) < 4.78 is 1.81. The molecule has 1 heteroatoms. The fourth-order valence-corrected chi connectivity index (χ4v) is 14.6. The number of benzene rings is 1. The van der Waals surface area contributed by atoms with Gasteiger partial charge in [-0.3, -0.25) is 0 Å². The average Bonchev–Trinajstić information content (AvgIpc) is 2.89. The van der Waals surface area contributed by atoms with Crippen molar-refractivity contribution in [2.45, 2.75) is 178 Å². The topological polar surface area (TPSA) is 0 Å². The van der Waals surface area contributed by atoms with Gasteiger partial charge in [-0.1, -0.05) is 0 Å². The molecule has 206 valence electrons. The molecule has 0 nitrogen and oxygen atoms in total. The van der Waals surface area contributed by atoms with Gasteiger partial charge in [0.15, 0.2) is 0 Å². The van der Waals surface area contributed by atoms with Crippen LogP contribution in [0.25, 0.3) is 0 Å². The second-order valence-corrected chi connectivity index (χ2v) is 19.1. The van der Waals surface area contributed by atoms with Gasteiger partial charge in [-0.15, -0.1) is 0 Å².